The summed E-state index contributed by atoms with van der Waals surface area (Å²) in [5, 5.41) is 2.39. The van der Waals surface area contributed by atoms with Gasteiger partial charge in [-0.1, -0.05) is 24.3 Å². The molecular formula is C18H22N2O2. The molecule has 1 fully saturated rings. The average molecular weight is 298 g/mol. The summed E-state index contributed by atoms with van der Waals surface area (Å²) in [5.41, 5.74) is 1.66. The molecule has 1 aliphatic rings. The lowest BCUT2D eigenvalue weighted by atomic mass is 9.92. The maximum atomic E-state index is 12.0. The van der Waals surface area contributed by atoms with Gasteiger partial charge in [0.1, 0.15) is 5.60 Å². The van der Waals surface area contributed by atoms with Crippen LogP contribution >= 0.6 is 0 Å². The Labute approximate surface area is 131 Å². The minimum atomic E-state index is -0.448. The highest BCUT2D eigenvalue weighted by Crippen LogP contribution is 2.32. The predicted molar refractivity (Wildman–Crippen MR) is 87.0 cm³/mol. The first kappa shape index (κ1) is 14.8. The second-order valence-corrected chi connectivity index (χ2v) is 6.95. The molecule has 4 nitrogen and oxygen atoms in total. The predicted octanol–water partition coefficient (Wildman–Crippen LogP) is 3.88. The molecular weight excluding hydrogens is 276 g/mol. The Morgan fingerprint density at radius 3 is 2.64 bits per heavy atom. The summed E-state index contributed by atoms with van der Waals surface area (Å²) in [4.78, 5) is 18.5. The van der Waals surface area contributed by atoms with E-state index in [9.17, 15) is 4.79 Å². The summed E-state index contributed by atoms with van der Waals surface area (Å²) < 4.78 is 5.40. The quantitative estimate of drug-likeness (QED) is 0.802. The fourth-order valence-corrected chi connectivity index (χ4v) is 2.80. The standard InChI is InChI=1S/C18H22N2O2/c1-12-9-13-7-5-6-8-15(13)16(19-12)14-10-20(11-14)17(21)22-18(2,3)4/h5-9,14H,10-11H2,1-4H3. The molecule has 0 radical (unpaired) electrons. The molecule has 1 amide bonds. The van der Waals surface area contributed by atoms with Crippen molar-refractivity contribution in [3.8, 4) is 0 Å². The van der Waals surface area contributed by atoms with Crippen LogP contribution in [0.5, 0.6) is 0 Å². The van der Waals surface area contributed by atoms with Gasteiger partial charge in [0.15, 0.2) is 0 Å². The molecule has 2 heterocycles. The summed E-state index contributed by atoms with van der Waals surface area (Å²) in [5.74, 6) is 0.289. The number of aromatic nitrogens is 1. The number of aryl methyl sites for hydroxylation is 1. The molecule has 1 aromatic heterocycles. The topological polar surface area (TPSA) is 42.4 Å². The molecule has 1 saturated heterocycles. The van der Waals surface area contributed by atoms with Crippen LogP contribution in [0, 0.1) is 6.92 Å². The zero-order chi connectivity index (χ0) is 15.9. The third-order valence-electron chi connectivity index (χ3n) is 3.82. The SMILES string of the molecule is Cc1cc2ccccc2c(C2CN(C(=O)OC(C)(C)C)C2)n1. The Kier molecular flexibility index (Phi) is 3.55. The van der Waals surface area contributed by atoms with Crippen molar-refractivity contribution in [2.24, 2.45) is 0 Å². The van der Waals surface area contributed by atoms with Gasteiger partial charge in [0.05, 0.1) is 5.69 Å². The molecule has 0 spiro atoms. The molecule has 116 valence electrons. The van der Waals surface area contributed by atoms with Gasteiger partial charge in [0.25, 0.3) is 0 Å². The molecule has 0 N–H and O–H groups in total. The van der Waals surface area contributed by atoms with E-state index in [1.54, 1.807) is 4.90 Å². The van der Waals surface area contributed by atoms with Crippen LogP contribution in [0.3, 0.4) is 0 Å². The van der Waals surface area contributed by atoms with Gasteiger partial charge in [0.2, 0.25) is 0 Å². The van der Waals surface area contributed by atoms with Crippen molar-refractivity contribution in [2.45, 2.75) is 39.2 Å². The van der Waals surface area contributed by atoms with Crippen molar-refractivity contribution < 1.29 is 9.53 Å². The van der Waals surface area contributed by atoms with Gasteiger partial charge in [0, 0.05) is 30.1 Å². The molecule has 22 heavy (non-hydrogen) atoms. The highest BCUT2D eigenvalue weighted by Gasteiger charge is 2.36. The zero-order valence-corrected chi connectivity index (χ0v) is 13.6. The Morgan fingerprint density at radius 1 is 1.27 bits per heavy atom. The number of nitrogens with zero attached hydrogens (tertiary/aromatic N) is 2. The molecule has 0 saturated carbocycles. The minimum absolute atomic E-state index is 0.235. The van der Waals surface area contributed by atoms with E-state index in [4.69, 9.17) is 9.72 Å². The number of hydrogen-bond donors (Lipinski definition) is 0. The van der Waals surface area contributed by atoms with E-state index in [2.05, 4.69) is 18.2 Å². The number of pyridine rings is 1. The number of rotatable bonds is 1. The normalized spacial score (nSPS) is 15.7. The number of hydrogen-bond acceptors (Lipinski definition) is 3. The zero-order valence-electron chi connectivity index (χ0n) is 13.6. The maximum Gasteiger partial charge on any atom is 0.410 e. The van der Waals surface area contributed by atoms with Crippen molar-refractivity contribution in [1.29, 1.82) is 0 Å². The third kappa shape index (κ3) is 2.91. The van der Waals surface area contributed by atoms with Crippen LogP contribution in [0.15, 0.2) is 30.3 Å². The third-order valence-corrected chi connectivity index (χ3v) is 3.82. The summed E-state index contributed by atoms with van der Waals surface area (Å²) in [6.07, 6.45) is -0.235. The van der Waals surface area contributed by atoms with Crippen LogP contribution in [-0.2, 0) is 4.74 Å². The van der Waals surface area contributed by atoms with Gasteiger partial charge in [-0.15, -0.1) is 0 Å². The Morgan fingerprint density at radius 2 is 1.95 bits per heavy atom. The second kappa shape index (κ2) is 5.27. The average Bonchev–Trinajstić information content (AvgIpc) is 2.34. The van der Waals surface area contributed by atoms with Crippen molar-refractivity contribution in [3.63, 3.8) is 0 Å². The largest absolute Gasteiger partial charge is 0.444 e. The van der Waals surface area contributed by atoms with Crippen molar-refractivity contribution in [3.05, 3.63) is 41.7 Å². The van der Waals surface area contributed by atoms with Gasteiger partial charge < -0.3 is 9.64 Å². The van der Waals surface area contributed by atoms with E-state index in [1.165, 1.54) is 10.8 Å². The van der Waals surface area contributed by atoms with Gasteiger partial charge in [-0.3, -0.25) is 4.98 Å². The van der Waals surface area contributed by atoms with Crippen LogP contribution < -0.4 is 0 Å². The number of ether oxygens (including phenoxy) is 1. The molecule has 3 rings (SSSR count). The summed E-state index contributed by atoms with van der Waals surface area (Å²) in [6, 6.07) is 10.4. The number of amides is 1. The van der Waals surface area contributed by atoms with Crippen LogP contribution in [0.4, 0.5) is 4.79 Å². The first-order chi connectivity index (χ1) is 10.3. The fourth-order valence-electron chi connectivity index (χ4n) is 2.80. The maximum absolute atomic E-state index is 12.0. The fraction of sp³-hybridized carbons (Fsp3) is 0.444. The van der Waals surface area contributed by atoms with Crippen LogP contribution in [0.25, 0.3) is 10.8 Å². The molecule has 0 bridgehead atoms. The first-order valence-corrected chi connectivity index (χ1v) is 7.68. The van der Waals surface area contributed by atoms with Gasteiger partial charge >= 0.3 is 6.09 Å². The summed E-state index contributed by atoms with van der Waals surface area (Å²) in [7, 11) is 0. The summed E-state index contributed by atoms with van der Waals surface area (Å²) >= 11 is 0. The van der Waals surface area contributed by atoms with Gasteiger partial charge in [-0.05, 0) is 39.1 Å². The molecule has 0 aliphatic carbocycles. The van der Waals surface area contributed by atoms with Gasteiger partial charge in [-0.2, -0.15) is 0 Å². The lowest BCUT2D eigenvalue weighted by Gasteiger charge is -2.39. The molecule has 1 aromatic carbocycles. The molecule has 0 atom stereocenters. The number of fused-ring (bicyclic) bond motifs is 1. The van der Waals surface area contributed by atoms with Crippen molar-refractivity contribution >= 4 is 16.9 Å². The first-order valence-electron chi connectivity index (χ1n) is 7.68. The number of carbonyl (C=O) groups is 1. The highest BCUT2D eigenvalue weighted by molar-refractivity contribution is 5.85. The number of carbonyl (C=O) groups excluding carboxylic acids is 1. The van der Waals surface area contributed by atoms with E-state index in [-0.39, 0.29) is 12.0 Å². The van der Waals surface area contributed by atoms with E-state index < -0.39 is 5.60 Å². The van der Waals surface area contributed by atoms with E-state index >= 15 is 0 Å². The monoisotopic (exact) mass is 298 g/mol. The minimum Gasteiger partial charge on any atom is -0.444 e. The molecule has 0 unspecified atom stereocenters. The smallest absolute Gasteiger partial charge is 0.410 e. The Bertz CT molecular complexity index is 713. The summed E-state index contributed by atoms with van der Waals surface area (Å²) in [6.45, 7) is 9.03. The van der Waals surface area contributed by atoms with Crippen molar-refractivity contribution in [2.75, 3.05) is 13.1 Å². The van der Waals surface area contributed by atoms with Crippen LogP contribution in [-0.4, -0.2) is 34.7 Å². The molecule has 4 heteroatoms. The second-order valence-electron chi connectivity index (χ2n) is 6.95. The lowest BCUT2D eigenvalue weighted by molar-refractivity contribution is 0.00799. The number of benzene rings is 1. The van der Waals surface area contributed by atoms with Crippen molar-refractivity contribution in [1.82, 2.24) is 9.88 Å². The van der Waals surface area contributed by atoms with E-state index in [1.807, 2.05) is 39.8 Å². The molecule has 2 aromatic rings. The number of likely N-dealkylation sites (tertiary alicyclic amines) is 1. The van der Waals surface area contributed by atoms with Crippen LogP contribution in [0.1, 0.15) is 38.1 Å². The van der Waals surface area contributed by atoms with Crippen LogP contribution in [0.2, 0.25) is 0 Å². The lowest BCUT2D eigenvalue weighted by Crippen LogP contribution is -2.50. The van der Waals surface area contributed by atoms with E-state index in [0.717, 1.165) is 11.4 Å². The van der Waals surface area contributed by atoms with E-state index in [0.29, 0.717) is 13.1 Å². The Hall–Kier alpha value is -2.10. The Balaban J connectivity index is 1.77. The molecule has 1 aliphatic heterocycles. The van der Waals surface area contributed by atoms with Gasteiger partial charge in [-0.25, -0.2) is 4.79 Å². The highest BCUT2D eigenvalue weighted by atomic mass is 16.6.